The fraction of sp³-hybridized carbons (Fsp3) is 0.611. The van der Waals surface area contributed by atoms with Crippen molar-refractivity contribution in [3.05, 3.63) is 17.7 Å². The highest BCUT2D eigenvalue weighted by Gasteiger charge is 2.26. The van der Waals surface area contributed by atoms with Crippen LogP contribution in [0, 0.1) is 0 Å². The molecule has 1 amide bonds. The van der Waals surface area contributed by atoms with Gasteiger partial charge >= 0.3 is 6.09 Å². The number of ether oxygens (including phenoxy) is 4. The van der Waals surface area contributed by atoms with Gasteiger partial charge in [-0.1, -0.05) is 13.3 Å². The van der Waals surface area contributed by atoms with Crippen molar-refractivity contribution in [2.75, 3.05) is 21.3 Å². The predicted molar refractivity (Wildman–Crippen MR) is 93.1 cm³/mol. The number of nitrogens with one attached hydrogen (secondary N) is 1. The summed E-state index contributed by atoms with van der Waals surface area (Å²) < 4.78 is 21.6. The second-order valence-corrected chi connectivity index (χ2v) is 6.43. The maximum atomic E-state index is 12.2. The molecule has 6 nitrogen and oxygen atoms in total. The number of rotatable bonds is 7. The molecule has 0 fully saturated rings. The van der Waals surface area contributed by atoms with Crippen molar-refractivity contribution in [1.29, 1.82) is 0 Å². The van der Waals surface area contributed by atoms with Gasteiger partial charge in [-0.3, -0.25) is 0 Å². The van der Waals surface area contributed by atoms with Gasteiger partial charge < -0.3 is 24.3 Å². The fourth-order valence-corrected chi connectivity index (χ4v) is 2.40. The van der Waals surface area contributed by atoms with E-state index >= 15 is 0 Å². The van der Waals surface area contributed by atoms with E-state index in [-0.39, 0.29) is 6.04 Å². The van der Waals surface area contributed by atoms with E-state index in [0.717, 1.165) is 18.4 Å². The van der Waals surface area contributed by atoms with E-state index in [1.165, 1.54) is 0 Å². The van der Waals surface area contributed by atoms with Crippen LogP contribution < -0.4 is 19.5 Å². The van der Waals surface area contributed by atoms with Gasteiger partial charge in [0.15, 0.2) is 0 Å². The first-order valence-electron chi connectivity index (χ1n) is 8.05. The first-order valence-corrected chi connectivity index (χ1v) is 8.05. The summed E-state index contributed by atoms with van der Waals surface area (Å²) in [5.41, 5.74) is 0.211. The third-order valence-corrected chi connectivity index (χ3v) is 3.37. The van der Waals surface area contributed by atoms with Gasteiger partial charge in [0.2, 0.25) is 0 Å². The van der Waals surface area contributed by atoms with Crippen LogP contribution in [0.15, 0.2) is 12.1 Å². The summed E-state index contributed by atoms with van der Waals surface area (Å²) in [6, 6.07) is 3.26. The lowest BCUT2D eigenvalue weighted by Crippen LogP contribution is -2.35. The normalized spacial score (nSPS) is 12.3. The Balaban J connectivity index is 3.21. The Morgan fingerprint density at radius 3 is 2.00 bits per heavy atom. The molecule has 0 aliphatic rings. The first kappa shape index (κ1) is 19.9. The van der Waals surface area contributed by atoms with Crippen molar-refractivity contribution in [1.82, 2.24) is 5.32 Å². The fourth-order valence-electron chi connectivity index (χ4n) is 2.40. The summed E-state index contributed by atoms with van der Waals surface area (Å²) in [5, 5.41) is 2.92. The topological polar surface area (TPSA) is 66.0 Å². The van der Waals surface area contributed by atoms with Gasteiger partial charge in [-0.05, 0) is 27.2 Å². The van der Waals surface area contributed by atoms with Gasteiger partial charge in [-0.2, -0.15) is 0 Å². The Morgan fingerprint density at radius 1 is 1.08 bits per heavy atom. The molecule has 0 radical (unpaired) electrons. The molecular formula is C18H29NO5. The lowest BCUT2D eigenvalue weighted by molar-refractivity contribution is 0.0500. The molecule has 1 N–H and O–H groups in total. The summed E-state index contributed by atoms with van der Waals surface area (Å²) in [6.45, 7) is 7.54. The highest BCUT2D eigenvalue weighted by molar-refractivity contribution is 5.69. The molecule has 0 spiro atoms. The van der Waals surface area contributed by atoms with Crippen LogP contribution in [0.25, 0.3) is 0 Å². The number of hydrogen-bond acceptors (Lipinski definition) is 5. The van der Waals surface area contributed by atoms with Crippen LogP contribution >= 0.6 is 0 Å². The van der Waals surface area contributed by atoms with E-state index in [1.807, 2.05) is 27.7 Å². The van der Waals surface area contributed by atoms with Gasteiger partial charge in [0.25, 0.3) is 0 Å². The van der Waals surface area contributed by atoms with Crippen molar-refractivity contribution in [3.8, 4) is 17.2 Å². The number of carbonyl (C=O) groups is 1. The molecular weight excluding hydrogens is 310 g/mol. The molecule has 0 heterocycles. The Kier molecular flexibility index (Phi) is 7.19. The number of methoxy groups -OCH3 is 3. The number of hydrogen-bond donors (Lipinski definition) is 1. The van der Waals surface area contributed by atoms with Gasteiger partial charge in [0, 0.05) is 12.1 Å². The standard InChI is InChI=1S/C18H29NO5/c1-8-9-13(19-17(20)24-18(2,3)4)16-14(22-6)10-12(21-5)11-15(16)23-7/h10-11,13H,8-9H2,1-7H3,(H,19,20). The lowest BCUT2D eigenvalue weighted by atomic mass is 9.99. The van der Waals surface area contributed by atoms with E-state index in [1.54, 1.807) is 33.5 Å². The largest absolute Gasteiger partial charge is 0.496 e. The van der Waals surface area contributed by atoms with E-state index in [0.29, 0.717) is 17.2 Å². The third kappa shape index (κ3) is 5.51. The second-order valence-electron chi connectivity index (χ2n) is 6.43. The van der Waals surface area contributed by atoms with Crippen LogP contribution in [0.1, 0.15) is 52.1 Å². The molecule has 6 heteroatoms. The average Bonchev–Trinajstić information content (AvgIpc) is 2.51. The minimum Gasteiger partial charge on any atom is -0.496 e. The monoisotopic (exact) mass is 339 g/mol. The zero-order chi connectivity index (χ0) is 18.3. The molecule has 0 aliphatic heterocycles. The van der Waals surface area contributed by atoms with Crippen LogP contribution in [-0.2, 0) is 4.74 Å². The van der Waals surface area contributed by atoms with Crippen molar-refractivity contribution < 1.29 is 23.7 Å². The molecule has 136 valence electrons. The predicted octanol–water partition coefficient (Wildman–Crippen LogP) is 4.08. The summed E-state index contributed by atoms with van der Waals surface area (Å²) in [6.07, 6.45) is 1.12. The quantitative estimate of drug-likeness (QED) is 0.811. The Bertz CT molecular complexity index is 526. The zero-order valence-corrected chi connectivity index (χ0v) is 15.7. The SMILES string of the molecule is CCCC(NC(=O)OC(C)(C)C)c1c(OC)cc(OC)cc1OC. The lowest BCUT2D eigenvalue weighted by Gasteiger charge is -2.26. The van der Waals surface area contributed by atoms with Crippen molar-refractivity contribution in [2.24, 2.45) is 0 Å². The van der Waals surface area contributed by atoms with Crippen LogP contribution in [-0.4, -0.2) is 33.0 Å². The number of benzene rings is 1. The average molecular weight is 339 g/mol. The van der Waals surface area contributed by atoms with Crippen LogP contribution in [0.3, 0.4) is 0 Å². The van der Waals surface area contributed by atoms with Gasteiger partial charge in [-0.15, -0.1) is 0 Å². The maximum absolute atomic E-state index is 12.2. The Labute approximate surface area is 144 Å². The van der Waals surface area contributed by atoms with Gasteiger partial charge in [0.1, 0.15) is 22.8 Å². The highest BCUT2D eigenvalue weighted by Crippen LogP contribution is 2.39. The van der Waals surface area contributed by atoms with Crippen LogP contribution in [0.2, 0.25) is 0 Å². The minimum atomic E-state index is -0.561. The molecule has 24 heavy (non-hydrogen) atoms. The molecule has 1 atom stereocenters. The number of carbonyl (C=O) groups excluding carboxylic acids is 1. The summed E-state index contributed by atoms with van der Waals surface area (Å²) in [5.74, 6) is 1.82. The van der Waals surface area contributed by atoms with Crippen LogP contribution in [0.5, 0.6) is 17.2 Å². The first-order chi connectivity index (χ1) is 11.3. The summed E-state index contributed by atoms with van der Waals surface area (Å²) in [7, 11) is 4.73. The van der Waals surface area contributed by atoms with E-state index in [2.05, 4.69) is 5.32 Å². The third-order valence-electron chi connectivity index (χ3n) is 3.37. The number of amides is 1. The van der Waals surface area contributed by atoms with Crippen molar-refractivity contribution in [2.45, 2.75) is 52.2 Å². The summed E-state index contributed by atoms with van der Waals surface area (Å²) in [4.78, 5) is 12.2. The van der Waals surface area contributed by atoms with Crippen molar-refractivity contribution >= 4 is 6.09 Å². The van der Waals surface area contributed by atoms with Gasteiger partial charge in [-0.25, -0.2) is 4.79 Å². The molecule has 0 saturated heterocycles. The molecule has 1 rings (SSSR count). The molecule has 1 unspecified atom stereocenters. The molecule has 0 aliphatic carbocycles. The zero-order valence-electron chi connectivity index (χ0n) is 15.7. The summed E-state index contributed by atoms with van der Waals surface area (Å²) >= 11 is 0. The molecule has 1 aromatic carbocycles. The van der Waals surface area contributed by atoms with Crippen molar-refractivity contribution in [3.63, 3.8) is 0 Å². The minimum absolute atomic E-state index is 0.291. The number of alkyl carbamates (subject to hydrolysis) is 1. The van der Waals surface area contributed by atoms with Crippen LogP contribution in [0.4, 0.5) is 4.79 Å². The molecule has 0 saturated carbocycles. The molecule has 0 aromatic heterocycles. The van der Waals surface area contributed by atoms with E-state index < -0.39 is 11.7 Å². The highest BCUT2D eigenvalue weighted by atomic mass is 16.6. The van der Waals surface area contributed by atoms with Gasteiger partial charge in [0.05, 0.1) is 32.9 Å². The Morgan fingerprint density at radius 2 is 1.62 bits per heavy atom. The Hall–Kier alpha value is -2.11. The molecule has 1 aromatic rings. The second kappa shape index (κ2) is 8.66. The smallest absolute Gasteiger partial charge is 0.408 e. The van der Waals surface area contributed by atoms with E-state index in [4.69, 9.17) is 18.9 Å². The maximum Gasteiger partial charge on any atom is 0.408 e. The molecule has 0 bridgehead atoms. The van der Waals surface area contributed by atoms with E-state index in [9.17, 15) is 4.79 Å².